The van der Waals surface area contributed by atoms with E-state index in [1.165, 1.54) is 18.2 Å². The van der Waals surface area contributed by atoms with Gasteiger partial charge in [-0.2, -0.15) is 0 Å². The molecule has 1 aromatic heterocycles. The molecule has 4 rings (SSSR count). The van der Waals surface area contributed by atoms with Gasteiger partial charge in [-0.05, 0) is 42.5 Å². The van der Waals surface area contributed by atoms with Crippen LogP contribution in [0, 0.1) is 0 Å². The third-order valence-corrected chi connectivity index (χ3v) is 5.58. The number of amides is 1. The minimum absolute atomic E-state index is 0.0498. The summed E-state index contributed by atoms with van der Waals surface area (Å²) in [4.78, 5) is 17.1. The van der Waals surface area contributed by atoms with Gasteiger partial charge in [-0.3, -0.25) is 9.36 Å². The van der Waals surface area contributed by atoms with Crippen molar-refractivity contribution in [2.75, 3.05) is 5.32 Å². The molecule has 0 fully saturated rings. The standard InChI is InChI=1S/C22H20N4O3S/c23-30(28,29)18-10-6-7-16(15-18)24-22(27)14-13-21-25-19-11-4-5-12-20(19)26(21)17-8-2-1-3-9-17/h1-12,15H,13-14H2,(H,24,27)(H2,23,28,29). The van der Waals surface area contributed by atoms with Crippen LogP contribution in [0.1, 0.15) is 12.2 Å². The minimum atomic E-state index is -3.83. The van der Waals surface area contributed by atoms with E-state index in [0.29, 0.717) is 12.1 Å². The second-order valence-corrected chi connectivity index (χ2v) is 8.37. The Morgan fingerprint density at radius 1 is 0.967 bits per heavy atom. The molecule has 0 aliphatic carbocycles. The summed E-state index contributed by atoms with van der Waals surface area (Å²) in [6.07, 6.45) is 0.611. The Morgan fingerprint density at radius 3 is 2.47 bits per heavy atom. The van der Waals surface area contributed by atoms with Gasteiger partial charge in [0.25, 0.3) is 0 Å². The van der Waals surface area contributed by atoms with E-state index in [1.807, 2.05) is 59.2 Å². The molecule has 3 aromatic carbocycles. The Morgan fingerprint density at radius 2 is 1.70 bits per heavy atom. The molecule has 3 N–H and O–H groups in total. The molecule has 0 saturated heterocycles. The molecule has 0 aliphatic heterocycles. The molecule has 0 radical (unpaired) electrons. The van der Waals surface area contributed by atoms with Gasteiger partial charge in [0, 0.05) is 24.2 Å². The van der Waals surface area contributed by atoms with Crippen LogP contribution in [0.15, 0.2) is 83.8 Å². The maximum Gasteiger partial charge on any atom is 0.238 e. The zero-order valence-corrected chi connectivity index (χ0v) is 16.8. The Hall–Kier alpha value is -3.49. The number of aromatic nitrogens is 2. The van der Waals surface area contributed by atoms with Crippen molar-refractivity contribution in [3.63, 3.8) is 0 Å². The fourth-order valence-electron chi connectivity index (χ4n) is 3.31. The number of nitrogens with two attached hydrogens (primary N) is 1. The lowest BCUT2D eigenvalue weighted by molar-refractivity contribution is -0.116. The van der Waals surface area contributed by atoms with E-state index in [9.17, 15) is 13.2 Å². The van der Waals surface area contributed by atoms with Gasteiger partial charge in [-0.25, -0.2) is 18.5 Å². The van der Waals surface area contributed by atoms with Crippen molar-refractivity contribution < 1.29 is 13.2 Å². The molecule has 1 heterocycles. The van der Waals surface area contributed by atoms with Crippen LogP contribution in [-0.4, -0.2) is 23.9 Å². The maximum atomic E-state index is 12.5. The predicted molar refractivity (Wildman–Crippen MR) is 116 cm³/mol. The number of para-hydroxylation sites is 3. The third kappa shape index (κ3) is 4.24. The van der Waals surface area contributed by atoms with Gasteiger partial charge in [-0.1, -0.05) is 36.4 Å². The summed E-state index contributed by atoms with van der Waals surface area (Å²) in [5.41, 5.74) is 3.18. The number of benzene rings is 3. The first kappa shape index (κ1) is 19.8. The van der Waals surface area contributed by atoms with E-state index < -0.39 is 10.0 Å². The lowest BCUT2D eigenvalue weighted by Gasteiger charge is -2.10. The molecule has 7 nitrogen and oxygen atoms in total. The highest BCUT2D eigenvalue weighted by Gasteiger charge is 2.14. The lowest BCUT2D eigenvalue weighted by atomic mass is 10.2. The number of primary sulfonamides is 1. The van der Waals surface area contributed by atoms with Gasteiger partial charge >= 0.3 is 0 Å². The first-order chi connectivity index (χ1) is 14.4. The largest absolute Gasteiger partial charge is 0.326 e. The van der Waals surface area contributed by atoms with Gasteiger partial charge in [0.2, 0.25) is 15.9 Å². The van der Waals surface area contributed by atoms with E-state index in [4.69, 9.17) is 10.1 Å². The Kier molecular flexibility index (Phi) is 5.35. The lowest BCUT2D eigenvalue weighted by Crippen LogP contribution is -2.15. The number of rotatable bonds is 6. The third-order valence-electron chi connectivity index (χ3n) is 4.67. The number of carbonyl (C=O) groups is 1. The number of aryl methyl sites for hydroxylation is 1. The Balaban J connectivity index is 1.55. The highest BCUT2D eigenvalue weighted by molar-refractivity contribution is 7.89. The average molecular weight is 420 g/mol. The van der Waals surface area contributed by atoms with E-state index in [0.717, 1.165) is 22.5 Å². The summed E-state index contributed by atoms with van der Waals surface area (Å²) in [7, 11) is -3.83. The maximum absolute atomic E-state index is 12.5. The van der Waals surface area contributed by atoms with E-state index in [2.05, 4.69) is 5.32 Å². The number of hydrogen-bond donors (Lipinski definition) is 2. The molecule has 0 atom stereocenters. The average Bonchev–Trinajstić information content (AvgIpc) is 3.11. The van der Waals surface area contributed by atoms with Crippen molar-refractivity contribution in [1.82, 2.24) is 9.55 Å². The van der Waals surface area contributed by atoms with E-state index >= 15 is 0 Å². The molecule has 1 amide bonds. The van der Waals surface area contributed by atoms with Crippen LogP contribution in [0.25, 0.3) is 16.7 Å². The molecule has 4 aromatic rings. The molecule has 152 valence electrons. The molecule has 0 bridgehead atoms. The second-order valence-electron chi connectivity index (χ2n) is 6.81. The number of sulfonamides is 1. The molecule has 0 spiro atoms. The highest BCUT2D eigenvalue weighted by atomic mass is 32.2. The number of fused-ring (bicyclic) bond motifs is 1. The van der Waals surface area contributed by atoms with Gasteiger partial charge < -0.3 is 5.32 Å². The number of imidazole rings is 1. The first-order valence-corrected chi connectivity index (χ1v) is 10.9. The fraction of sp³-hybridized carbons (Fsp3) is 0.0909. The first-order valence-electron chi connectivity index (χ1n) is 9.36. The summed E-state index contributed by atoms with van der Waals surface area (Å²) >= 11 is 0. The van der Waals surface area contributed by atoms with Crippen molar-refractivity contribution in [2.45, 2.75) is 17.7 Å². The predicted octanol–water partition coefficient (Wildman–Crippen LogP) is 3.24. The summed E-state index contributed by atoms with van der Waals surface area (Å²) in [6, 6.07) is 23.6. The van der Waals surface area contributed by atoms with Crippen LogP contribution in [0.5, 0.6) is 0 Å². The van der Waals surface area contributed by atoms with Crippen LogP contribution in [-0.2, 0) is 21.2 Å². The minimum Gasteiger partial charge on any atom is -0.326 e. The van der Waals surface area contributed by atoms with Crippen LogP contribution in [0.4, 0.5) is 5.69 Å². The van der Waals surface area contributed by atoms with Crippen molar-refractivity contribution >= 4 is 32.7 Å². The quantitative estimate of drug-likeness (QED) is 0.499. The van der Waals surface area contributed by atoms with Gasteiger partial charge in [0.15, 0.2) is 0 Å². The molecule has 0 saturated carbocycles. The summed E-state index contributed by atoms with van der Waals surface area (Å²) in [5.74, 6) is 0.532. The smallest absolute Gasteiger partial charge is 0.238 e. The second kappa shape index (κ2) is 8.10. The van der Waals surface area contributed by atoms with E-state index in [1.54, 1.807) is 6.07 Å². The summed E-state index contributed by atoms with van der Waals surface area (Å²) in [6.45, 7) is 0. The van der Waals surface area contributed by atoms with Crippen molar-refractivity contribution in [3.05, 3.63) is 84.7 Å². The topological polar surface area (TPSA) is 107 Å². The van der Waals surface area contributed by atoms with Crippen molar-refractivity contribution in [2.24, 2.45) is 5.14 Å². The molecular weight excluding hydrogens is 400 g/mol. The number of hydrogen-bond acceptors (Lipinski definition) is 4. The summed E-state index contributed by atoms with van der Waals surface area (Å²) < 4.78 is 25.0. The van der Waals surface area contributed by atoms with Crippen molar-refractivity contribution in [3.8, 4) is 5.69 Å². The number of nitrogens with zero attached hydrogens (tertiary/aromatic N) is 2. The number of nitrogens with one attached hydrogen (secondary N) is 1. The highest BCUT2D eigenvalue weighted by Crippen LogP contribution is 2.22. The van der Waals surface area contributed by atoms with Crippen LogP contribution in [0.2, 0.25) is 0 Å². The van der Waals surface area contributed by atoms with Gasteiger partial charge in [0.1, 0.15) is 5.82 Å². The molecular formula is C22H20N4O3S. The number of carbonyl (C=O) groups excluding carboxylic acids is 1. The SMILES string of the molecule is NS(=O)(=O)c1cccc(NC(=O)CCc2nc3ccccc3n2-c2ccccc2)c1. The Labute approximate surface area is 174 Å². The van der Waals surface area contributed by atoms with Crippen LogP contribution < -0.4 is 10.5 Å². The van der Waals surface area contributed by atoms with Crippen molar-refractivity contribution in [1.29, 1.82) is 0 Å². The monoisotopic (exact) mass is 420 g/mol. The number of anilines is 1. The van der Waals surface area contributed by atoms with Crippen LogP contribution >= 0.6 is 0 Å². The van der Waals surface area contributed by atoms with E-state index in [-0.39, 0.29) is 17.2 Å². The summed E-state index contributed by atoms with van der Waals surface area (Å²) in [5, 5.41) is 7.87. The molecule has 0 unspecified atom stereocenters. The van der Waals surface area contributed by atoms with Gasteiger partial charge in [-0.15, -0.1) is 0 Å². The normalized spacial score (nSPS) is 11.5. The van der Waals surface area contributed by atoms with Crippen LogP contribution in [0.3, 0.4) is 0 Å². The fourth-order valence-corrected chi connectivity index (χ4v) is 3.87. The van der Waals surface area contributed by atoms with Gasteiger partial charge in [0.05, 0.1) is 15.9 Å². The molecule has 8 heteroatoms. The molecule has 30 heavy (non-hydrogen) atoms. The zero-order chi connectivity index (χ0) is 21.1. The zero-order valence-electron chi connectivity index (χ0n) is 16.0. The Bertz CT molecular complexity index is 1310. The molecule has 0 aliphatic rings.